The summed E-state index contributed by atoms with van der Waals surface area (Å²) in [6, 6.07) is 32.6. The Balaban J connectivity index is 1.83. The molecule has 0 bridgehead atoms. The van der Waals surface area contributed by atoms with Gasteiger partial charge < -0.3 is 4.57 Å². The topological polar surface area (TPSA) is 17.8 Å². The normalized spacial score (nSPS) is 14.1. The second-order valence-corrected chi connectivity index (χ2v) is 8.99. The van der Waals surface area contributed by atoms with E-state index >= 15 is 0 Å². The van der Waals surface area contributed by atoms with Gasteiger partial charge in [0.1, 0.15) is 5.82 Å². The van der Waals surface area contributed by atoms with Crippen molar-refractivity contribution >= 4 is 0 Å². The highest BCUT2D eigenvalue weighted by molar-refractivity contribution is 5.37. The molecule has 2 nitrogen and oxygen atoms in total. The molecule has 4 rings (SSSR count). The largest absolute Gasteiger partial charge is 0.304 e. The third-order valence-electron chi connectivity index (χ3n) is 6.73. The lowest BCUT2D eigenvalue weighted by atomic mass is 9.66. The highest BCUT2D eigenvalue weighted by Crippen LogP contribution is 2.44. The molecule has 1 heterocycles. The van der Waals surface area contributed by atoms with Gasteiger partial charge in [-0.2, -0.15) is 0 Å². The van der Waals surface area contributed by atoms with E-state index < -0.39 is 0 Å². The van der Waals surface area contributed by atoms with Crippen LogP contribution in [0.25, 0.3) is 5.69 Å². The summed E-state index contributed by atoms with van der Waals surface area (Å²) in [6.45, 7) is 4.72. The zero-order valence-electron chi connectivity index (χ0n) is 19.3. The zero-order valence-corrected chi connectivity index (χ0v) is 19.3. The summed E-state index contributed by atoms with van der Waals surface area (Å²) in [5.74, 6) is 1.46. The highest BCUT2D eigenvalue weighted by atomic mass is 15.1. The second kappa shape index (κ2) is 10.5. The second-order valence-electron chi connectivity index (χ2n) is 8.99. The van der Waals surface area contributed by atoms with Gasteiger partial charge in [-0.1, -0.05) is 112 Å². The number of rotatable bonds is 10. The van der Waals surface area contributed by atoms with Crippen LogP contribution in [0.1, 0.15) is 62.4 Å². The number of imidazole rings is 1. The minimum atomic E-state index is -0.0752. The number of benzene rings is 3. The Labute approximate surface area is 193 Å². The number of hydrogen-bond donors (Lipinski definition) is 0. The molecule has 1 aromatic heterocycles. The van der Waals surface area contributed by atoms with Gasteiger partial charge in [0, 0.05) is 29.4 Å². The van der Waals surface area contributed by atoms with Crippen LogP contribution >= 0.6 is 0 Å². The Morgan fingerprint density at radius 2 is 1.44 bits per heavy atom. The van der Waals surface area contributed by atoms with Crippen LogP contribution in [0.2, 0.25) is 0 Å². The molecule has 0 aliphatic carbocycles. The Morgan fingerprint density at radius 3 is 2.09 bits per heavy atom. The number of aromatic nitrogens is 2. The van der Waals surface area contributed by atoms with E-state index in [9.17, 15) is 0 Å². The van der Waals surface area contributed by atoms with Crippen molar-refractivity contribution in [2.75, 3.05) is 0 Å². The first-order chi connectivity index (χ1) is 15.7. The summed E-state index contributed by atoms with van der Waals surface area (Å²) >= 11 is 0. The number of para-hydroxylation sites is 1. The van der Waals surface area contributed by atoms with E-state index in [1.165, 1.54) is 36.1 Å². The predicted octanol–water partition coefficient (Wildman–Crippen LogP) is 7.74. The van der Waals surface area contributed by atoms with Gasteiger partial charge in [-0.15, -0.1) is 0 Å². The van der Waals surface area contributed by atoms with Gasteiger partial charge in [0.2, 0.25) is 0 Å². The number of nitrogens with zero attached hydrogens (tertiary/aromatic N) is 2. The molecule has 2 unspecified atom stereocenters. The molecular weight excluding hydrogens is 388 g/mol. The maximum atomic E-state index is 4.97. The maximum absolute atomic E-state index is 4.97. The van der Waals surface area contributed by atoms with Gasteiger partial charge >= 0.3 is 0 Å². The lowest BCUT2D eigenvalue weighted by Gasteiger charge is -2.39. The van der Waals surface area contributed by atoms with Crippen LogP contribution in [0.15, 0.2) is 103 Å². The first-order valence-corrected chi connectivity index (χ1v) is 11.9. The van der Waals surface area contributed by atoms with E-state index in [1.54, 1.807) is 0 Å². The fraction of sp³-hybridized carbons (Fsp3) is 0.300. The van der Waals surface area contributed by atoms with Crippen LogP contribution in [0.5, 0.6) is 0 Å². The summed E-state index contributed by atoms with van der Waals surface area (Å²) in [5.41, 5.74) is 3.86. The summed E-state index contributed by atoms with van der Waals surface area (Å²) < 4.78 is 2.29. The van der Waals surface area contributed by atoms with Crippen LogP contribution in [-0.4, -0.2) is 9.55 Å². The molecule has 32 heavy (non-hydrogen) atoms. The van der Waals surface area contributed by atoms with Gasteiger partial charge in [-0.3, -0.25) is 0 Å². The molecule has 2 atom stereocenters. The van der Waals surface area contributed by atoms with Crippen molar-refractivity contribution in [2.45, 2.75) is 57.3 Å². The molecule has 3 aromatic carbocycles. The van der Waals surface area contributed by atoms with Crippen LogP contribution < -0.4 is 0 Å². The fourth-order valence-electron chi connectivity index (χ4n) is 4.98. The monoisotopic (exact) mass is 422 g/mol. The summed E-state index contributed by atoms with van der Waals surface area (Å²) in [6.07, 6.45) is 9.86. The first kappa shape index (κ1) is 22.1. The fourth-order valence-corrected chi connectivity index (χ4v) is 4.98. The molecule has 0 radical (unpaired) electrons. The zero-order chi connectivity index (χ0) is 22.2. The van der Waals surface area contributed by atoms with Crippen LogP contribution in [-0.2, 0) is 11.8 Å². The van der Waals surface area contributed by atoms with Gasteiger partial charge in [0.15, 0.2) is 0 Å². The standard InChI is InChI=1S/C30H34N2/c1-3-4-8-21-28(29-31-22-23-32(29)27-19-13-7-14-20-27)30(2,26-17-11-6-12-18-26)24-25-15-9-5-10-16-25/h5-7,9-20,22-23,28H,3-4,8,21,24H2,1-2H3. The van der Waals surface area contributed by atoms with Crippen molar-refractivity contribution < 1.29 is 0 Å². The number of unbranched alkanes of at least 4 members (excludes halogenated alkanes) is 2. The SMILES string of the molecule is CCCCCC(c1nccn1-c1ccccc1)C(C)(Cc1ccccc1)c1ccccc1. The molecule has 2 heteroatoms. The minimum Gasteiger partial charge on any atom is -0.304 e. The molecule has 0 saturated heterocycles. The predicted molar refractivity (Wildman–Crippen MR) is 134 cm³/mol. The third kappa shape index (κ3) is 4.85. The van der Waals surface area contributed by atoms with Crippen molar-refractivity contribution in [3.05, 3.63) is 120 Å². The van der Waals surface area contributed by atoms with E-state index in [0.717, 1.165) is 18.7 Å². The Hall–Kier alpha value is -3.13. The quantitative estimate of drug-likeness (QED) is 0.239. The van der Waals surface area contributed by atoms with Crippen LogP contribution in [0.3, 0.4) is 0 Å². The van der Waals surface area contributed by atoms with Crippen LogP contribution in [0.4, 0.5) is 0 Å². The molecule has 4 aromatic rings. The summed E-state index contributed by atoms with van der Waals surface area (Å²) in [5, 5.41) is 0. The van der Waals surface area contributed by atoms with Gasteiger partial charge in [-0.25, -0.2) is 4.98 Å². The molecule has 0 aliphatic heterocycles. The molecule has 0 saturated carbocycles. The molecular formula is C30H34N2. The molecule has 0 fully saturated rings. The van der Waals surface area contributed by atoms with Gasteiger partial charge in [0.25, 0.3) is 0 Å². The van der Waals surface area contributed by atoms with E-state index in [4.69, 9.17) is 4.98 Å². The van der Waals surface area contributed by atoms with Gasteiger partial charge in [-0.05, 0) is 36.1 Å². The third-order valence-corrected chi connectivity index (χ3v) is 6.73. The van der Waals surface area contributed by atoms with Crippen molar-refractivity contribution in [3.63, 3.8) is 0 Å². The van der Waals surface area contributed by atoms with E-state index in [0.29, 0.717) is 5.92 Å². The first-order valence-electron chi connectivity index (χ1n) is 11.9. The summed E-state index contributed by atoms with van der Waals surface area (Å²) in [7, 11) is 0. The van der Waals surface area contributed by atoms with Crippen molar-refractivity contribution in [3.8, 4) is 5.69 Å². The Morgan fingerprint density at radius 1 is 0.812 bits per heavy atom. The lowest BCUT2D eigenvalue weighted by molar-refractivity contribution is 0.330. The van der Waals surface area contributed by atoms with Crippen molar-refractivity contribution in [2.24, 2.45) is 0 Å². The lowest BCUT2D eigenvalue weighted by Crippen LogP contribution is -2.35. The molecule has 164 valence electrons. The van der Waals surface area contributed by atoms with Crippen molar-refractivity contribution in [1.29, 1.82) is 0 Å². The van der Waals surface area contributed by atoms with E-state index in [-0.39, 0.29) is 5.41 Å². The van der Waals surface area contributed by atoms with E-state index in [1.807, 2.05) is 6.20 Å². The van der Waals surface area contributed by atoms with Crippen LogP contribution in [0, 0.1) is 0 Å². The van der Waals surface area contributed by atoms with E-state index in [2.05, 4.69) is 116 Å². The average molecular weight is 423 g/mol. The molecule has 0 N–H and O–H groups in total. The molecule has 0 amide bonds. The van der Waals surface area contributed by atoms with Gasteiger partial charge in [0.05, 0.1) is 0 Å². The smallest absolute Gasteiger partial charge is 0.117 e. The number of hydrogen-bond acceptors (Lipinski definition) is 1. The average Bonchev–Trinajstić information content (AvgIpc) is 3.33. The maximum Gasteiger partial charge on any atom is 0.117 e. The summed E-state index contributed by atoms with van der Waals surface area (Å²) in [4.78, 5) is 4.97. The molecule has 0 aliphatic rings. The minimum absolute atomic E-state index is 0.0752. The van der Waals surface area contributed by atoms with Crippen molar-refractivity contribution in [1.82, 2.24) is 9.55 Å². The Bertz CT molecular complexity index is 1070. The molecule has 0 spiro atoms. The Kier molecular flexibility index (Phi) is 7.21. The highest BCUT2D eigenvalue weighted by Gasteiger charge is 2.39.